The van der Waals surface area contributed by atoms with Crippen molar-refractivity contribution in [2.45, 2.75) is 45.5 Å². The number of hydrogen-bond acceptors (Lipinski definition) is 4. The van der Waals surface area contributed by atoms with E-state index >= 15 is 0 Å². The average Bonchev–Trinajstić information content (AvgIpc) is 2.83. The minimum atomic E-state index is -4.83. The van der Waals surface area contributed by atoms with Gasteiger partial charge in [0.05, 0.1) is 12.2 Å². The number of halogens is 4. The highest BCUT2D eigenvalue weighted by atomic mass is 32.1. The number of ether oxygens (including phenoxy) is 1. The van der Waals surface area contributed by atoms with Crippen molar-refractivity contribution < 1.29 is 31.9 Å². The van der Waals surface area contributed by atoms with Crippen molar-refractivity contribution in [3.8, 4) is 0 Å². The zero-order valence-electron chi connectivity index (χ0n) is 13.1. The van der Waals surface area contributed by atoms with E-state index in [0.29, 0.717) is 24.3 Å². The molecule has 0 bridgehead atoms. The van der Waals surface area contributed by atoms with Gasteiger partial charge >= 0.3 is 24.2 Å². The number of esters is 1. The van der Waals surface area contributed by atoms with Crippen molar-refractivity contribution in [3.63, 3.8) is 0 Å². The molecule has 2 rings (SSSR count). The van der Waals surface area contributed by atoms with E-state index in [2.05, 4.69) is 0 Å². The molecule has 0 saturated carbocycles. The fraction of sp³-hybridized carbons (Fsp3) is 0.600. The monoisotopic (exact) mass is 367 g/mol. The highest BCUT2D eigenvalue weighted by Crippen LogP contribution is 2.40. The summed E-state index contributed by atoms with van der Waals surface area (Å²) in [6, 6.07) is 0. The van der Waals surface area contributed by atoms with E-state index in [4.69, 9.17) is 4.74 Å². The van der Waals surface area contributed by atoms with E-state index in [-0.39, 0.29) is 17.2 Å². The maximum Gasteiger partial charge on any atom is 0.383 e. The van der Waals surface area contributed by atoms with Crippen LogP contribution in [0.5, 0.6) is 0 Å². The van der Waals surface area contributed by atoms with E-state index in [0.717, 1.165) is 22.6 Å². The predicted molar refractivity (Wildman–Crippen MR) is 81.0 cm³/mol. The third-order valence-corrected chi connectivity index (χ3v) is 4.96. The first-order valence-electron chi connectivity index (χ1n) is 7.47. The molecule has 1 unspecified atom stereocenters. The number of hydrogen-bond donors (Lipinski definition) is 1. The molecule has 0 aromatic carbocycles. The first-order valence-corrected chi connectivity index (χ1v) is 8.29. The average molecular weight is 367 g/mol. The van der Waals surface area contributed by atoms with E-state index in [1.165, 1.54) is 0 Å². The fourth-order valence-electron chi connectivity index (χ4n) is 2.54. The van der Waals surface area contributed by atoms with Gasteiger partial charge < -0.3 is 10.1 Å². The summed E-state index contributed by atoms with van der Waals surface area (Å²) in [7, 11) is 0. The molecule has 0 aliphatic heterocycles. The Hall–Kier alpha value is -1.64. The Kier molecular flexibility index (Phi) is 5.52. The summed E-state index contributed by atoms with van der Waals surface area (Å²) in [6.45, 7) is 3.67. The van der Waals surface area contributed by atoms with Gasteiger partial charge in [0.2, 0.25) is 0 Å². The van der Waals surface area contributed by atoms with Crippen molar-refractivity contribution in [2.24, 2.45) is 5.92 Å². The Morgan fingerprint density at radius 2 is 2.08 bits per heavy atom. The quantitative estimate of drug-likeness (QED) is 0.635. The number of carbonyl (C=O) groups is 2. The summed E-state index contributed by atoms with van der Waals surface area (Å²) in [5.74, 6) is -7.36. The second-order valence-corrected chi connectivity index (χ2v) is 6.76. The van der Waals surface area contributed by atoms with Gasteiger partial charge in [0.1, 0.15) is 5.00 Å². The van der Waals surface area contributed by atoms with Crippen molar-refractivity contribution in [1.82, 2.24) is 0 Å². The molecule has 134 valence electrons. The second-order valence-electron chi connectivity index (χ2n) is 5.65. The zero-order chi connectivity index (χ0) is 18.1. The molecule has 1 atom stereocenters. The van der Waals surface area contributed by atoms with Crippen LogP contribution in [0, 0.1) is 5.92 Å². The molecule has 1 aliphatic carbocycles. The van der Waals surface area contributed by atoms with Crippen LogP contribution in [0.4, 0.5) is 22.6 Å². The third-order valence-electron chi connectivity index (χ3n) is 3.80. The van der Waals surface area contributed by atoms with Gasteiger partial charge in [0.15, 0.2) is 0 Å². The van der Waals surface area contributed by atoms with Crippen LogP contribution < -0.4 is 5.32 Å². The lowest BCUT2D eigenvalue weighted by Crippen LogP contribution is -2.41. The van der Waals surface area contributed by atoms with E-state index < -0.39 is 24.2 Å². The molecule has 0 radical (unpaired) electrons. The third kappa shape index (κ3) is 3.55. The van der Waals surface area contributed by atoms with Gasteiger partial charge in [-0.2, -0.15) is 8.78 Å². The molecular formula is C15H17F4NO3S. The van der Waals surface area contributed by atoms with Crippen LogP contribution in [0.15, 0.2) is 0 Å². The summed E-state index contributed by atoms with van der Waals surface area (Å²) in [6.07, 6.45) is -2.15. The normalized spacial score (nSPS) is 17.5. The fourth-order valence-corrected chi connectivity index (χ4v) is 3.94. The Morgan fingerprint density at radius 1 is 1.42 bits per heavy atom. The lowest BCUT2D eigenvalue weighted by Gasteiger charge is -2.18. The van der Waals surface area contributed by atoms with Crippen molar-refractivity contribution in [1.29, 1.82) is 0 Å². The van der Waals surface area contributed by atoms with Crippen LogP contribution >= 0.6 is 11.3 Å². The van der Waals surface area contributed by atoms with Gasteiger partial charge in [-0.05, 0) is 37.7 Å². The maximum absolute atomic E-state index is 13.2. The number of carbonyl (C=O) groups excluding carboxylic acids is 2. The molecule has 1 aromatic rings. The number of alkyl halides is 4. The highest BCUT2D eigenvalue weighted by Gasteiger charge is 2.49. The summed E-state index contributed by atoms with van der Waals surface area (Å²) in [5.41, 5.74) is 0.648. The van der Waals surface area contributed by atoms with E-state index in [9.17, 15) is 27.2 Å². The van der Waals surface area contributed by atoms with Gasteiger partial charge in [-0.1, -0.05) is 6.92 Å². The first-order chi connectivity index (χ1) is 11.2. The number of rotatable bonds is 5. The number of thiophene rings is 1. The summed E-state index contributed by atoms with van der Waals surface area (Å²) in [5, 5.41) is 1.64. The minimum absolute atomic E-state index is 0.00201. The topological polar surface area (TPSA) is 55.4 Å². The molecule has 0 spiro atoms. The minimum Gasteiger partial charge on any atom is -0.462 e. The molecule has 0 saturated heterocycles. The van der Waals surface area contributed by atoms with Gasteiger partial charge in [-0.25, -0.2) is 13.6 Å². The molecule has 1 N–H and O–H groups in total. The van der Waals surface area contributed by atoms with E-state index in [1.807, 2.05) is 6.92 Å². The number of amides is 1. The van der Waals surface area contributed by atoms with Crippen LogP contribution in [0.2, 0.25) is 0 Å². The Balaban J connectivity index is 2.38. The lowest BCUT2D eigenvalue weighted by molar-refractivity contribution is -0.163. The standard InChI is InChI=1S/C15H17F4NO3S/c1-3-23-12(21)10-8-5-4-7(2)6-9(8)24-11(10)20-14(22)15(18,19)13(16)17/h7,13H,3-6H2,1-2H3,(H,20,22). The molecule has 0 fully saturated rings. The number of fused-ring (bicyclic) bond motifs is 1. The molecule has 1 aliphatic rings. The highest BCUT2D eigenvalue weighted by molar-refractivity contribution is 7.17. The van der Waals surface area contributed by atoms with Gasteiger partial charge in [0, 0.05) is 4.88 Å². The summed E-state index contributed by atoms with van der Waals surface area (Å²) in [4.78, 5) is 24.4. The molecule has 24 heavy (non-hydrogen) atoms. The molecule has 1 heterocycles. The van der Waals surface area contributed by atoms with Gasteiger partial charge in [0.25, 0.3) is 0 Å². The van der Waals surface area contributed by atoms with Crippen LogP contribution in [0.25, 0.3) is 0 Å². The van der Waals surface area contributed by atoms with Gasteiger partial charge in [-0.15, -0.1) is 11.3 Å². The SMILES string of the molecule is CCOC(=O)c1c(NC(=O)C(F)(F)C(F)F)sc2c1CCC(C)C2. The Bertz CT molecular complexity index is 645. The molecule has 1 amide bonds. The van der Waals surface area contributed by atoms with Crippen molar-refractivity contribution >= 4 is 28.2 Å². The van der Waals surface area contributed by atoms with Crippen molar-refractivity contribution in [2.75, 3.05) is 11.9 Å². The summed E-state index contributed by atoms with van der Waals surface area (Å²) >= 11 is 0.965. The second kappa shape index (κ2) is 7.08. The molecule has 1 aromatic heterocycles. The van der Waals surface area contributed by atoms with Crippen LogP contribution in [-0.2, 0) is 22.4 Å². The molecular weight excluding hydrogens is 350 g/mol. The molecule has 4 nitrogen and oxygen atoms in total. The van der Waals surface area contributed by atoms with Crippen LogP contribution in [0.1, 0.15) is 41.1 Å². The van der Waals surface area contributed by atoms with Crippen LogP contribution in [0.3, 0.4) is 0 Å². The summed E-state index contributed by atoms with van der Waals surface area (Å²) < 4.78 is 55.9. The van der Waals surface area contributed by atoms with E-state index in [1.54, 1.807) is 12.2 Å². The Morgan fingerprint density at radius 3 is 2.67 bits per heavy atom. The largest absolute Gasteiger partial charge is 0.462 e. The smallest absolute Gasteiger partial charge is 0.383 e. The molecule has 9 heteroatoms. The Labute approximate surface area is 140 Å². The maximum atomic E-state index is 13.2. The predicted octanol–water partition coefficient (Wildman–Crippen LogP) is 3.89. The number of anilines is 1. The van der Waals surface area contributed by atoms with Crippen LogP contribution in [-0.4, -0.2) is 30.8 Å². The lowest BCUT2D eigenvalue weighted by atomic mass is 9.88. The zero-order valence-corrected chi connectivity index (χ0v) is 13.9. The van der Waals surface area contributed by atoms with Gasteiger partial charge in [-0.3, -0.25) is 4.79 Å². The van der Waals surface area contributed by atoms with Crippen molar-refractivity contribution in [3.05, 3.63) is 16.0 Å². The number of nitrogens with one attached hydrogen (secondary N) is 1. The first kappa shape index (κ1) is 18.7.